The number of hydrogen-bond acceptors (Lipinski definition) is 6. The van der Waals surface area contributed by atoms with E-state index in [-0.39, 0.29) is 11.9 Å². The van der Waals surface area contributed by atoms with Crippen molar-refractivity contribution in [3.05, 3.63) is 52.2 Å². The average molecular weight is 469 g/mol. The molecule has 0 aliphatic heterocycles. The highest BCUT2D eigenvalue weighted by atomic mass is 32.1. The van der Waals surface area contributed by atoms with Crippen molar-refractivity contribution in [2.24, 2.45) is 5.73 Å². The Labute approximate surface area is 202 Å². The lowest BCUT2D eigenvalue weighted by molar-refractivity contribution is -0.122. The molecule has 4 rings (SSSR count). The van der Waals surface area contributed by atoms with Gasteiger partial charge in [0.05, 0.1) is 18.1 Å². The zero-order valence-electron chi connectivity index (χ0n) is 19.7. The molecule has 1 aromatic carbocycles. The van der Waals surface area contributed by atoms with Gasteiger partial charge in [-0.3, -0.25) is 15.4 Å². The summed E-state index contributed by atoms with van der Waals surface area (Å²) in [5, 5.41) is 9.81. The number of benzene rings is 1. The van der Waals surface area contributed by atoms with E-state index in [0.29, 0.717) is 24.2 Å². The van der Waals surface area contributed by atoms with Crippen molar-refractivity contribution in [2.45, 2.75) is 101 Å². The molecule has 0 radical (unpaired) electrons. The topological polar surface area (TPSA) is 93.2 Å². The molecule has 5 nitrogen and oxygen atoms in total. The van der Waals surface area contributed by atoms with E-state index >= 15 is 0 Å². The third kappa shape index (κ3) is 6.66. The van der Waals surface area contributed by atoms with Gasteiger partial charge in [-0.1, -0.05) is 62.8 Å². The van der Waals surface area contributed by atoms with Crippen LogP contribution in [0.3, 0.4) is 0 Å². The molecule has 2 fully saturated rings. The Bertz CT molecular complexity index is 839. The van der Waals surface area contributed by atoms with E-state index in [1.807, 2.05) is 35.7 Å². The van der Waals surface area contributed by atoms with Gasteiger partial charge in [0.1, 0.15) is 0 Å². The molecule has 1 heterocycles. The first kappa shape index (κ1) is 24.4. The molecule has 2 aliphatic carbocycles. The van der Waals surface area contributed by atoms with Crippen LogP contribution in [0.2, 0.25) is 0 Å². The van der Waals surface area contributed by atoms with Crippen LogP contribution in [0.4, 0.5) is 5.69 Å². The summed E-state index contributed by atoms with van der Waals surface area (Å²) < 4.78 is 0. The molecule has 2 unspecified atom stereocenters. The molecule has 1 aromatic heterocycles. The van der Waals surface area contributed by atoms with Gasteiger partial charge in [-0.2, -0.15) is 0 Å². The standard InChI is InChI=1S/C27H40N4OS/c28-23-16-8-7-15-22(23)25(26(32)24(29)18-21-14-9-17-33-21)27(30-19-10-3-1-4-11-19)31-20-12-5-2-6-13-20/h7-9,14-17,19-20,24-25,27,30-31H,1-6,10-13,18,28-29H2. The molecule has 2 atom stereocenters. The SMILES string of the molecule is Nc1ccccc1C(C(=O)C(N)Cc1cccs1)C(NC1CCCCC1)NC1CCCCC1. The Kier molecular flexibility index (Phi) is 8.96. The summed E-state index contributed by atoms with van der Waals surface area (Å²) in [6.45, 7) is 0. The maximum atomic E-state index is 14.0. The quantitative estimate of drug-likeness (QED) is 0.299. The van der Waals surface area contributed by atoms with Crippen molar-refractivity contribution in [1.82, 2.24) is 10.6 Å². The number of hydrogen-bond donors (Lipinski definition) is 4. The first-order valence-electron chi connectivity index (χ1n) is 12.8. The van der Waals surface area contributed by atoms with Gasteiger partial charge in [-0.15, -0.1) is 11.3 Å². The minimum atomic E-state index is -0.558. The fourth-order valence-corrected chi connectivity index (χ4v) is 6.32. The molecular formula is C27H40N4OS. The van der Waals surface area contributed by atoms with Crippen LogP contribution in [0.1, 0.15) is 80.6 Å². The molecule has 2 aromatic rings. The Morgan fingerprint density at radius 1 is 0.909 bits per heavy atom. The van der Waals surface area contributed by atoms with Crippen LogP contribution in [0.5, 0.6) is 0 Å². The zero-order valence-corrected chi connectivity index (χ0v) is 20.5. The molecule has 6 heteroatoms. The van der Waals surface area contributed by atoms with Gasteiger partial charge in [0.15, 0.2) is 5.78 Å². The van der Waals surface area contributed by atoms with E-state index in [4.69, 9.17) is 11.5 Å². The van der Waals surface area contributed by atoms with Gasteiger partial charge < -0.3 is 11.5 Å². The summed E-state index contributed by atoms with van der Waals surface area (Å²) in [6.07, 6.45) is 12.7. The highest BCUT2D eigenvalue weighted by Gasteiger charge is 2.36. The Morgan fingerprint density at radius 3 is 2.06 bits per heavy atom. The largest absolute Gasteiger partial charge is 0.398 e. The van der Waals surface area contributed by atoms with Crippen molar-refractivity contribution < 1.29 is 4.79 Å². The number of nitrogens with two attached hydrogens (primary N) is 2. The molecule has 0 amide bonds. The molecular weight excluding hydrogens is 428 g/mol. The Morgan fingerprint density at radius 2 is 1.52 bits per heavy atom. The summed E-state index contributed by atoms with van der Waals surface area (Å²) in [7, 11) is 0. The fourth-order valence-electron chi connectivity index (χ4n) is 5.55. The number of carbonyl (C=O) groups excluding carboxylic acids is 1. The van der Waals surface area contributed by atoms with E-state index in [9.17, 15) is 4.79 Å². The Hall–Kier alpha value is -1.73. The van der Waals surface area contributed by atoms with Crippen LogP contribution in [-0.2, 0) is 11.2 Å². The molecule has 0 saturated heterocycles. The number of anilines is 1. The maximum absolute atomic E-state index is 14.0. The van der Waals surface area contributed by atoms with Crippen molar-refractivity contribution in [1.29, 1.82) is 0 Å². The third-order valence-corrected chi connectivity index (χ3v) is 8.28. The number of rotatable bonds is 10. The van der Waals surface area contributed by atoms with E-state index < -0.39 is 12.0 Å². The second kappa shape index (κ2) is 12.1. The second-order valence-electron chi connectivity index (χ2n) is 9.88. The van der Waals surface area contributed by atoms with E-state index in [2.05, 4.69) is 16.7 Å². The van der Waals surface area contributed by atoms with E-state index in [0.717, 1.165) is 36.1 Å². The molecule has 0 spiro atoms. The average Bonchev–Trinajstić information content (AvgIpc) is 3.35. The van der Waals surface area contributed by atoms with Gasteiger partial charge in [-0.05, 0) is 48.8 Å². The van der Waals surface area contributed by atoms with Crippen LogP contribution >= 0.6 is 11.3 Å². The van der Waals surface area contributed by atoms with Gasteiger partial charge in [-0.25, -0.2) is 0 Å². The van der Waals surface area contributed by atoms with E-state index in [1.54, 1.807) is 11.3 Å². The first-order valence-corrected chi connectivity index (χ1v) is 13.7. The molecule has 0 bridgehead atoms. The van der Waals surface area contributed by atoms with Crippen molar-refractivity contribution in [3.8, 4) is 0 Å². The number of carbonyl (C=O) groups is 1. The summed E-state index contributed by atoms with van der Waals surface area (Å²) in [5.74, 6) is -0.345. The van der Waals surface area contributed by atoms with Gasteiger partial charge in [0.25, 0.3) is 0 Å². The van der Waals surface area contributed by atoms with Crippen molar-refractivity contribution in [2.75, 3.05) is 5.73 Å². The van der Waals surface area contributed by atoms with Gasteiger partial charge in [0.2, 0.25) is 0 Å². The molecule has 2 aliphatic rings. The van der Waals surface area contributed by atoms with Gasteiger partial charge in [0, 0.05) is 29.1 Å². The lowest BCUT2D eigenvalue weighted by Gasteiger charge is -2.38. The zero-order chi connectivity index (χ0) is 23.0. The van der Waals surface area contributed by atoms with Crippen LogP contribution < -0.4 is 22.1 Å². The first-order chi connectivity index (χ1) is 16.1. The molecule has 6 N–H and O–H groups in total. The number of ketones is 1. The van der Waals surface area contributed by atoms with Gasteiger partial charge >= 0.3 is 0 Å². The molecule has 2 saturated carbocycles. The minimum Gasteiger partial charge on any atom is -0.398 e. The fraction of sp³-hybridized carbons (Fsp3) is 0.593. The number of para-hydroxylation sites is 1. The smallest absolute Gasteiger partial charge is 0.160 e. The summed E-state index contributed by atoms with van der Waals surface area (Å²) in [6, 6.07) is 12.2. The highest BCUT2D eigenvalue weighted by Crippen LogP contribution is 2.30. The predicted molar refractivity (Wildman–Crippen MR) is 138 cm³/mol. The monoisotopic (exact) mass is 468 g/mol. The highest BCUT2D eigenvalue weighted by molar-refractivity contribution is 7.09. The number of nitrogen functional groups attached to an aromatic ring is 1. The summed E-state index contributed by atoms with van der Waals surface area (Å²) in [4.78, 5) is 15.1. The van der Waals surface area contributed by atoms with Crippen molar-refractivity contribution >= 4 is 22.8 Å². The Balaban J connectivity index is 1.63. The molecule has 33 heavy (non-hydrogen) atoms. The van der Waals surface area contributed by atoms with E-state index in [1.165, 1.54) is 38.5 Å². The lowest BCUT2D eigenvalue weighted by atomic mass is 9.84. The number of Topliss-reactive ketones (excluding diaryl/α,β-unsaturated/α-hetero) is 1. The van der Waals surface area contributed by atoms with Crippen LogP contribution in [0.25, 0.3) is 0 Å². The van der Waals surface area contributed by atoms with Crippen molar-refractivity contribution in [3.63, 3.8) is 0 Å². The number of thiophene rings is 1. The second-order valence-corrected chi connectivity index (χ2v) is 10.9. The van der Waals surface area contributed by atoms with Crippen LogP contribution in [0.15, 0.2) is 41.8 Å². The number of nitrogens with one attached hydrogen (secondary N) is 2. The lowest BCUT2D eigenvalue weighted by Crippen LogP contribution is -2.58. The normalized spacial score (nSPS) is 20.1. The minimum absolute atomic E-state index is 0.0675. The predicted octanol–water partition coefficient (Wildman–Crippen LogP) is 4.72. The third-order valence-electron chi connectivity index (χ3n) is 7.38. The summed E-state index contributed by atoms with van der Waals surface area (Å²) in [5.41, 5.74) is 14.6. The summed E-state index contributed by atoms with van der Waals surface area (Å²) >= 11 is 1.66. The van der Waals surface area contributed by atoms with Crippen LogP contribution in [0, 0.1) is 0 Å². The molecule has 180 valence electrons. The van der Waals surface area contributed by atoms with Crippen LogP contribution in [-0.4, -0.2) is 30.1 Å². The maximum Gasteiger partial charge on any atom is 0.160 e.